The molecule has 2 aromatic carbocycles. The molecular weight excluding hydrogens is 254 g/mol. The average Bonchev–Trinajstić information content (AvgIpc) is 2.91. The molecule has 0 radical (unpaired) electrons. The number of hydrogen-bond acceptors (Lipinski definition) is 1. The Kier molecular flexibility index (Phi) is 4.10. The highest BCUT2D eigenvalue weighted by molar-refractivity contribution is 5.77. The number of nitrogens with zero attached hydrogens (tertiary/aromatic N) is 1. The zero-order chi connectivity index (χ0) is 14.7. The molecule has 3 rings (SSSR count). The van der Waals surface area contributed by atoms with Gasteiger partial charge in [-0.2, -0.15) is 0 Å². The average molecular weight is 277 g/mol. The van der Waals surface area contributed by atoms with E-state index in [1.165, 1.54) is 27.8 Å². The highest BCUT2D eigenvalue weighted by Gasteiger charge is 2.19. The van der Waals surface area contributed by atoms with Crippen LogP contribution in [-0.2, 0) is 12.8 Å². The van der Waals surface area contributed by atoms with Gasteiger partial charge in [0.2, 0.25) is 0 Å². The minimum absolute atomic E-state index is 1.02. The lowest BCUT2D eigenvalue weighted by Crippen LogP contribution is -2.15. The van der Waals surface area contributed by atoms with Gasteiger partial charge in [-0.05, 0) is 60.7 Å². The largest absolute Gasteiger partial charge is 0.378 e. The van der Waals surface area contributed by atoms with E-state index < -0.39 is 0 Å². The van der Waals surface area contributed by atoms with Crippen LogP contribution in [0.15, 0.2) is 54.7 Å². The highest BCUT2D eigenvalue weighted by Crippen LogP contribution is 2.38. The molecule has 2 aromatic rings. The van der Waals surface area contributed by atoms with Crippen LogP contribution in [-0.4, -0.2) is 18.0 Å². The van der Waals surface area contributed by atoms with Crippen LogP contribution in [0.4, 0.5) is 0 Å². The smallest absolute Gasteiger partial charge is 0.0143 e. The van der Waals surface area contributed by atoms with Gasteiger partial charge < -0.3 is 4.90 Å². The summed E-state index contributed by atoms with van der Waals surface area (Å²) in [5.41, 5.74) is 7.30. The van der Waals surface area contributed by atoms with Crippen molar-refractivity contribution >= 4 is 0 Å². The van der Waals surface area contributed by atoms with E-state index in [9.17, 15) is 0 Å². The fourth-order valence-corrected chi connectivity index (χ4v) is 3.18. The number of rotatable bonds is 5. The Morgan fingerprint density at radius 1 is 0.952 bits per heavy atom. The van der Waals surface area contributed by atoms with Crippen LogP contribution in [0.2, 0.25) is 0 Å². The third-order valence-corrected chi connectivity index (χ3v) is 4.41. The van der Waals surface area contributed by atoms with E-state index in [0.29, 0.717) is 0 Å². The molecule has 0 heterocycles. The van der Waals surface area contributed by atoms with Gasteiger partial charge in [-0.1, -0.05) is 48.5 Å². The van der Waals surface area contributed by atoms with Gasteiger partial charge in [-0.3, -0.25) is 0 Å². The third kappa shape index (κ3) is 2.73. The van der Waals surface area contributed by atoms with Gasteiger partial charge in [-0.15, -0.1) is 0 Å². The van der Waals surface area contributed by atoms with Crippen molar-refractivity contribution in [2.45, 2.75) is 26.7 Å². The summed E-state index contributed by atoms with van der Waals surface area (Å²) in [5.74, 6) is 0. The summed E-state index contributed by atoms with van der Waals surface area (Å²) in [7, 11) is 0. The Balaban J connectivity index is 1.84. The van der Waals surface area contributed by atoms with Gasteiger partial charge in [0, 0.05) is 13.1 Å². The molecule has 1 heteroatoms. The minimum atomic E-state index is 1.02. The molecule has 0 aliphatic heterocycles. The Hall–Kier alpha value is -2.02. The van der Waals surface area contributed by atoms with Gasteiger partial charge in [0.15, 0.2) is 0 Å². The van der Waals surface area contributed by atoms with Crippen molar-refractivity contribution in [1.29, 1.82) is 0 Å². The Bertz CT molecular complexity index is 651. The van der Waals surface area contributed by atoms with Crippen LogP contribution in [0, 0.1) is 0 Å². The zero-order valence-electron chi connectivity index (χ0n) is 13.0. The van der Waals surface area contributed by atoms with Crippen LogP contribution >= 0.6 is 0 Å². The van der Waals surface area contributed by atoms with Crippen molar-refractivity contribution in [2.75, 3.05) is 13.1 Å². The van der Waals surface area contributed by atoms with Crippen molar-refractivity contribution in [3.8, 4) is 11.1 Å². The molecule has 0 fully saturated rings. The molecule has 0 spiro atoms. The third-order valence-electron chi connectivity index (χ3n) is 4.41. The van der Waals surface area contributed by atoms with Crippen molar-refractivity contribution in [2.24, 2.45) is 0 Å². The van der Waals surface area contributed by atoms with E-state index in [4.69, 9.17) is 0 Å². The van der Waals surface area contributed by atoms with Gasteiger partial charge in [0.25, 0.3) is 0 Å². The molecule has 0 atom stereocenters. The molecule has 0 saturated heterocycles. The number of hydrogen-bond donors (Lipinski definition) is 0. The first-order valence-corrected chi connectivity index (χ1v) is 7.93. The van der Waals surface area contributed by atoms with E-state index in [0.717, 1.165) is 25.9 Å². The fourth-order valence-electron chi connectivity index (χ4n) is 3.18. The SMILES string of the molecule is CCN(C=CCc1cccc2c1Cc1ccccc1-2)CC. The second-order valence-corrected chi connectivity index (χ2v) is 5.59. The van der Waals surface area contributed by atoms with E-state index >= 15 is 0 Å². The molecule has 1 aliphatic rings. The minimum Gasteiger partial charge on any atom is -0.378 e. The van der Waals surface area contributed by atoms with Crippen molar-refractivity contribution in [1.82, 2.24) is 4.90 Å². The van der Waals surface area contributed by atoms with Crippen LogP contribution in [0.25, 0.3) is 11.1 Å². The summed E-state index contributed by atoms with van der Waals surface area (Å²) in [4.78, 5) is 2.33. The molecule has 0 aromatic heterocycles. The lowest BCUT2D eigenvalue weighted by molar-refractivity contribution is 0.418. The molecule has 0 bridgehead atoms. The molecular formula is C20H23N. The number of allylic oxidation sites excluding steroid dienone is 1. The van der Waals surface area contributed by atoms with E-state index in [1.807, 2.05) is 0 Å². The van der Waals surface area contributed by atoms with Crippen LogP contribution < -0.4 is 0 Å². The molecule has 1 aliphatic carbocycles. The zero-order valence-corrected chi connectivity index (χ0v) is 13.0. The van der Waals surface area contributed by atoms with Gasteiger partial charge in [0.1, 0.15) is 0 Å². The Morgan fingerprint density at radius 3 is 2.52 bits per heavy atom. The van der Waals surface area contributed by atoms with Gasteiger partial charge >= 0.3 is 0 Å². The van der Waals surface area contributed by atoms with Crippen LogP contribution in [0.5, 0.6) is 0 Å². The standard InChI is InChI=1S/C20H23N/c1-3-21(4-2)14-8-11-16-10-7-13-19-18-12-6-5-9-17(18)15-20(16)19/h5-10,12-14H,3-4,11,15H2,1-2H3. The molecule has 21 heavy (non-hydrogen) atoms. The fraction of sp³-hybridized carbons (Fsp3) is 0.300. The maximum atomic E-state index is 2.33. The summed E-state index contributed by atoms with van der Waals surface area (Å²) in [6, 6.07) is 15.5. The Morgan fingerprint density at radius 2 is 1.71 bits per heavy atom. The summed E-state index contributed by atoms with van der Waals surface area (Å²) < 4.78 is 0. The normalized spacial score (nSPS) is 12.5. The van der Waals surface area contributed by atoms with Crippen molar-refractivity contribution < 1.29 is 0 Å². The van der Waals surface area contributed by atoms with Crippen LogP contribution in [0.3, 0.4) is 0 Å². The van der Waals surface area contributed by atoms with Crippen LogP contribution in [0.1, 0.15) is 30.5 Å². The molecule has 0 unspecified atom stereocenters. The summed E-state index contributed by atoms with van der Waals surface area (Å²) in [5, 5.41) is 0. The predicted octanol–water partition coefficient (Wildman–Crippen LogP) is 4.66. The first-order chi connectivity index (χ1) is 10.3. The first-order valence-electron chi connectivity index (χ1n) is 7.93. The maximum Gasteiger partial charge on any atom is 0.0143 e. The number of benzene rings is 2. The molecule has 108 valence electrons. The lowest BCUT2D eigenvalue weighted by atomic mass is 9.99. The second-order valence-electron chi connectivity index (χ2n) is 5.59. The van der Waals surface area contributed by atoms with Gasteiger partial charge in [-0.25, -0.2) is 0 Å². The quantitative estimate of drug-likeness (QED) is 0.656. The predicted molar refractivity (Wildman–Crippen MR) is 90.4 cm³/mol. The Labute approximate surface area is 127 Å². The van der Waals surface area contributed by atoms with Crippen molar-refractivity contribution in [3.63, 3.8) is 0 Å². The van der Waals surface area contributed by atoms with E-state index in [2.05, 4.69) is 73.5 Å². The monoisotopic (exact) mass is 277 g/mol. The topological polar surface area (TPSA) is 3.24 Å². The molecule has 0 saturated carbocycles. The second kappa shape index (κ2) is 6.17. The summed E-state index contributed by atoms with van der Waals surface area (Å²) in [6.07, 6.45) is 6.64. The van der Waals surface area contributed by atoms with E-state index in [1.54, 1.807) is 0 Å². The molecule has 0 amide bonds. The van der Waals surface area contributed by atoms with Crippen molar-refractivity contribution in [3.05, 3.63) is 71.4 Å². The highest BCUT2D eigenvalue weighted by atomic mass is 15.1. The summed E-state index contributed by atoms with van der Waals surface area (Å²) in [6.45, 7) is 6.55. The summed E-state index contributed by atoms with van der Waals surface area (Å²) >= 11 is 0. The maximum absolute atomic E-state index is 2.33. The number of fused-ring (bicyclic) bond motifs is 3. The van der Waals surface area contributed by atoms with E-state index in [-0.39, 0.29) is 0 Å². The first kappa shape index (κ1) is 13.9. The molecule has 0 N–H and O–H groups in total. The molecule has 1 nitrogen and oxygen atoms in total. The van der Waals surface area contributed by atoms with Gasteiger partial charge in [0.05, 0.1) is 0 Å². The lowest BCUT2D eigenvalue weighted by Gasteiger charge is -2.14.